The molecule has 35 heavy (non-hydrogen) atoms. The average Bonchev–Trinajstić information content (AvgIpc) is 3.14. The maximum atomic E-state index is 11.0. The Hall–Kier alpha value is -0.720. The molecule has 5 heteroatoms. The number of aliphatic hydroxyl groups excluding tert-OH is 3. The van der Waals surface area contributed by atoms with E-state index >= 15 is 0 Å². The van der Waals surface area contributed by atoms with E-state index in [1.807, 2.05) is 13.8 Å². The standard InChI is InChI=1S/C30H50O5/c1-19(8-6-14-28(2,3)34)22-11-12-23-21-10-9-20-18-25(32)26(33)27(35-17-7-16-31)30(20,5)24(21)13-15-29(22,23)4/h9-10,19,22-27,31-34H,6-8,11-18H2,1-5H3/t19-,22-,23+,24+,25-,26-,27+,29-,30+/m1/s1. The molecule has 4 N–H and O–H groups in total. The Labute approximate surface area is 212 Å². The summed E-state index contributed by atoms with van der Waals surface area (Å²) in [5.74, 6) is 2.23. The van der Waals surface area contributed by atoms with Crippen molar-refractivity contribution in [3.05, 3.63) is 23.3 Å². The number of ether oxygens (including phenoxy) is 1. The molecule has 3 saturated carbocycles. The molecular weight excluding hydrogens is 440 g/mol. The zero-order valence-electron chi connectivity index (χ0n) is 22.7. The van der Waals surface area contributed by atoms with Crippen LogP contribution >= 0.6 is 0 Å². The molecule has 0 aliphatic heterocycles. The van der Waals surface area contributed by atoms with E-state index in [1.165, 1.54) is 36.8 Å². The average molecular weight is 491 g/mol. The largest absolute Gasteiger partial charge is 0.396 e. The van der Waals surface area contributed by atoms with Crippen molar-refractivity contribution in [1.82, 2.24) is 0 Å². The molecule has 4 rings (SSSR count). The van der Waals surface area contributed by atoms with Gasteiger partial charge in [0.05, 0.1) is 17.8 Å². The summed E-state index contributed by atoms with van der Waals surface area (Å²) in [6, 6.07) is 0. The first-order valence-corrected chi connectivity index (χ1v) is 14.2. The van der Waals surface area contributed by atoms with E-state index < -0.39 is 23.9 Å². The maximum absolute atomic E-state index is 11.0. The van der Waals surface area contributed by atoms with Gasteiger partial charge in [0, 0.05) is 18.6 Å². The van der Waals surface area contributed by atoms with Crippen LogP contribution in [0.2, 0.25) is 0 Å². The van der Waals surface area contributed by atoms with E-state index in [0.717, 1.165) is 19.3 Å². The van der Waals surface area contributed by atoms with Crippen LogP contribution in [0.25, 0.3) is 0 Å². The molecule has 4 aliphatic rings. The van der Waals surface area contributed by atoms with Gasteiger partial charge in [0.15, 0.2) is 0 Å². The third-order valence-corrected chi connectivity index (χ3v) is 10.5. The van der Waals surface area contributed by atoms with Gasteiger partial charge in [-0.15, -0.1) is 0 Å². The molecule has 200 valence electrons. The second-order valence-corrected chi connectivity index (χ2v) is 13.3. The van der Waals surface area contributed by atoms with Crippen molar-refractivity contribution in [3.8, 4) is 0 Å². The quantitative estimate of drug-likeness (QED) is 0.350. The van der Waals surface area contributed by atoms with Gasteiger partial charge in [0.25, 0.3) is 0 Å². The van der Waals surface area contributed by atoms with Gasteiger partial charge in [-0.05, 0) is 87.9 Å². The summed E-state index contributed by atoms with van der Waals surface area (Å²) in [4.78, 5) is 0. The number of aliphatic hydroxyl groups is 4. The lowest BCUT2D eigenvalue weighted by Gasteiger charge is -2.58. The third-order valence-electron chi connectivity index (χ3n) is 10.5. The van der Waals surface area contributed by atoms with E-state index in [0.29, 0.717) is 43.1 Å². The minimum Gasteiger partial charge on any atom is -0.396 e. The molecule has 5 nitrogen and oxygen atoms in total. The Morgan fingerprint density at radius 1 is 1.09 bits per heavy atom. The van der Waals surface area contributed by atoms with Crippen LogP contribution in [0.3, 0.4) is 0 Å². The smallest absolute Gasteiger partial charge is 0.107 e. The summed E-state index contributed by atoms with van der Waals surface area (Å²) < 4.78 is 6.24. The van der Waals surface area contributed by atoms with Gasteiger partial charge < -0.3 is 25.2 Å². The van der Waals surface area contributed by atoms with E-state index in [2.05, 4.69) is 32.9 Å². The number of hydrogen-bond donors (Lipinski definition) is 4. The highest BCUT2D eigenvalue weighted by atomic mass is 16.5. The van der Waals surface area contributed by atoms with Crippen molar-refractivity contribution >= 4 is 0 Å². The summed E-state index contributed by atoms with van der Waals surface area (Å²) >= 11 is 0. The number of allylic oxidation sites excluding steroid dienone is 3. The van der Waals surface area contributed by atoms with Crippen molar-refractivity contribution in [2.45, 2.75) is 116 Å². The molecule has 0 amide bonds. The van der Waals surface area contributed by atoms with Crippen molar-refractivity contribution in [3.63, 3.8) is 0 Å². The molecule has 0 aromatic carbocycles. The lowest BCUT2D eigenvalue weighted by Crippen LogP contribution is -2.59. The molecule has 0 heterocycles. The van der Waals surface area contributed by atoms with Crippen molar-refractivity contribution in [2.75, 3.05) is 13.2 Å². The first-order valence-electron chi connectivity index (χ1n) is 14.2. The Balaban J connectivity index is 1.56. The zero-order chi connectivity index (χ0) is 25.6. The third kappa shape index (κ3) is 4.93. The fraction of sp³-hybridized carbons (Fsp3) is 0.867. The summed E-state index contributed by atoms with van der Waals surface area (Å²) in [6.07, 6.45) is 11.3. The highest BCUT2D eigenvalue weighted by Gasteiger charge is 2.60. The van der Waals surface area contributed by atoms with Gasteiger partial charge in [-0.3, -0.25) is 0 Å². The van der Waals surface area contributed by atoms with Crippen molar-refractivity contribution in [1.29, 1.82) is 0 Å². The highest BCUT2D eigenvalue weighted by Crippen LogP contribution is 2.66. The second-order valence-electron chi connectivity index (χ2n) is 13.3. The molecule has 0 spiro atoms. The number of fused-ring (bicyclic) bond motifs is 5. The first-order chi connectivity index (χ1) is 16.4. The summed E-state index contributed by atoms with van der Waals surface area (Å²) in [5, 5.41) is 41.0. The number of rotatable bonds is 9. The molecule has 0 unspecified atom stereocenters. The first kappa shape index (κ1) is 27.3. The van der Waals surface area contributed by atoms with Crippen LogP contribution in [0, 0.1) is 34.5 Å². The topological polar surface area (TPSA) is 90.2 Å². The maximum Gasteiger partial charge on any atom is 0.107 e. The summed E-state index contributed by atoms with van der Waals surface area (Å²) in [7, 11) is 0. The number of hydrogen-bond acceptors (Lipinski definition) is 5. The van der Waals surface area contributed by atoms with Crippen LogP contribution in [0.4, 0.5) is 0 Å². The predicted octanol–water partition coefficient (Wildman–Crippen LogP) is 4.77. The minimum absolute atomic E-state index is 0.0646. The molecule has 0 aromatic heterocycles. The monoisotopic (exact) mass is 490 g/mol. The Morgan fingerprint density at radius 2 is 1.83 bits per heavy atom. The van der Waals surface area contributed by atoms with Gasteiger partial charge in [0.1, 0.15) is 6.10 Å². The van der Waals surface area contributed by atoms with Crippen LogP contribution in [-0.2, 0) is 4.74 Å². The van der Waals surface area contributed by atoms with Gasteiger partial charge >= 0.3 is 0 Å². The highest BCUT2D eigenvalue weighted by molar-refractivity contribution is 5.40. The van der Waals surface area contributed by atoms with Crippen molar-refractivity contribution < 1.29 is 25.2 Å². The normalized spacial score (nSPS) is 42.0. The van der Waals surface area contributed by atoms with Gasteiger partial charge in [-0.1, -0.05) is 56.9 Å². The van der Waals surface area contributed by atoms with Crippen LogP contribution in [0.5, 0.6) is 0 Å². The van der Waals surface area contributed by atoms with Gasteiger partial charge in [0.2, 0.25) is 0 Å². The SMILES string of the molecule is C[C@H](CCCC(C)(C)O)[C@H]1CC[C@H]2C3=CC=C4C[C@@H](O)[C@@H](O)[C@H](OCCCO)[C@]4(C)[C@H]3CC[C@]12C. The molecule has 9 atom stereocenters. The predicted molar refractivity (Wildman–Crippen MR) is 139 cm³/mol. The summed E-state index contributed by atoms with van der Waals surface area (Å²) in [5.41, 5.74) is 2.13. The van der Waals surface area contributed by atoms with Crippen molar-refractivity contribution in [2.24, 2.45) is 34.5 Å². The molecule has 3 fully saturated rings. The van der Waals surface area contributed by atoms with Crippen LogP contribution in [0.15, 0.2) is 23.3 Å². The van der Waals surface area contributed by atoms with Crippen LogP contribution in [0.1, 0.15) is 92.4 Å². The van der Waals surface area contributed by atoms with Crippen LogP contribution < -0.4 is 0 Å². The summed E-state index contributed by atoms with van der Waals surface area (Å²) in [6.45, 7) is 11.5. The lowest BCUT2D eigenvalue weighted by molar-refractivity contribution is -0.164. The van der Waals surface area contributed by atoms with E-state index in [4.69, 9.17) is 4.74 Å². The van der Waals surface area contributed by atoms with E-state index in [-0.39, 0.29) is 17.4 Å². The Morgan fingerprint density at radius 3 is 2.51 bits per heavy atom. The molecule has 0 saturated heterocycles. The second kappa shape index (κ2) is 10.2. The van der Waals surface area contributed by atoms with E-state index in [1.54, 1.807) is 0 Å². The molecule has 0 radical (unpaired) electrons. The molecular formula is C30H50O5. The van der Waals surface area contributed by atoms with Gasteiger partial charge in [-0.25, -0.2) is 0 Å². The molecule has 0 aromatic rings. The molecule has 4 aliphatic carbocycles. The zero-order valence-corrected chi connectivity index (χ0v) is 22.7. The Bertz CT molecular complexity index is 812. The molecule has 0 bridgehead atoms. The fourth-order valence-electron chi connectivity index (χ4n) is 8.62. The fourth-order valence-corrected chi connectivity index (χ4v) is 8.62. The lowest BCUT2D eigenvalue weighted by atomic mass is 9.49. The van der Waals surface area contributed by atoms with E-state index in [9.17, 15) is 20.4 Å². The van der Waals surface area contributed by atoms with Crippen LogP contribution in [-0.4, -0.2) is 57.6 Å². The minimum atomic E-state index is -0.907. The van der Waals surface area contributed by atoms with Gasteiger partial charge in [-0.2, -0.15) is 0 Å². The Kier molecular flexibility index (Phi) is 7.97.